The Morgan fingerprint density at radius 2 is 1.67 bits per heavy atom. The van der Waals surface area contributed by atoms with Crippen molar-refractivity contribution in [2.75, 3.05) is 0 Å². The van der Waals surface area contributed by atoms with Gasteiger partial charge < -0.3 is 0 Å². The van der Waals surface area contributed by atoms with Gasteiger partial charge >= 0.3 is 0 Å². The Labute approximate surface area is 42.7 Å². The van der Waals surface area contributed by atoms with Gasteiger partial charge in [0.1, 0.15) is 0 Å². The van der Waals surface area contributed by atoms with Crippen molar-refractivity contribution in [3.63, 3.8) is 0 Å². The van der Waals surface area contributed by atoms with Crippen molar-refractivity contribution in [1.29, 1.82) is 0 Å². The van der Waals surface area contributed by atoms with E-state index in [0.717, 1.165) is 0 Å². The zero-order valence-corrected chi connectivity index (χ0v) is 4.44. The van der Waals surface area contributed by atoms with E-state index in [1.165, 1.54) is 5.54 Å². The maximum Gasteiger partial charge on any atom is -0.0000330 e. The van der Waals surface area contributed by atoms with Gasteiger partial charge in [-0.15, -0.1) is 0 Å². The molecular weight excluding hydrogens is 99.5 g/mol. The Morgan fingerprint density at radius 3 is 1.67 bits per heavy atom. The third kappa shape index (κ3) is 38.1. The molecule has 0 aliphatic carbocycles. The molecule has 0 aliphatic rings. The van der Waals surface area contributed by atoms with Gasteiger partial charge in [-0.1, -0.05) is 17.7 Å². The van der Waals surface area contributed by atoms with Crippen molar-refractivity contribution in [2.45, 2.75) is 6.92 Å². The molecule has 0 aromatic heterocycles. The molecule has 0 bridgehead atoms. The molecule has 0 rings (SSSR count). The highest BCUT2D eigenvalue weighted by Crippen LogP contribution is 1.70. The molecule has 0 atom stereocenters. The number of allylic oxidation sites excluding steroid dienone is 1. The molecule has 0 amide bonds. The molecule has 0 radical (unpaired) electrons. The maximum absolute atomic E-state index is 5.01. The van der Waals surface area contributed by atoms with Crippen LogP contribution in [0.1, 0.15) is 6.92 Å². The first kappa shape index (κ1) is 9.34. The Kier molecular flexibility index (Phi) is 31.6. The molecule has 0 aromatic rings. The van der Waals surface area contributed by atoms with Crippen molar-refractivity contribution in [1.82, 2.24) is 0 Å². The van der Waals surface area contributed by atoms with Gasteiger partial charge in [0, 0.05) is 0 Å². The molecule has 0 heterocycles. The monoisotopic (exact) mass is 108 g/mol. The van der Waals surface area contributed by atoms with Gasteiger partial charge in [0.2, 0.25) is 0 Å². The first-order chi connectivity index (χ1) is 2.91. The number of nitrogens with two attached hydrogens (primary N) is 2. The molecule has 0 spiro atoms. The van der Waals surface area contributed by atoms with Crippen molar-refractivity contribution < 1.29 is 0 Å². The summed E-state index contributed by atoms with van der Waals surface area (Å²) in [6, 6.07) is 0. The first-order valence-corrected chi connectivity index (χ1v) is 1.90. The quantitative estimate of drug-likeness (QED) is 0.352. The van der Waals surface area contributed by atoms with Crippen LogP contribution in [0.5, 0.6) is 0 Å². The second-order valence-corrected chi connectivity index (χ2v) is 0.711. The summed E-state index contributed by atoms with van der Waals surface area (Å²) in [4.78, 5) is 0. The largest absolute Gasteiger partial charge is 0.274 e. The van der Waals surface area contributed by atoms with Crippen LogP contribution in [0.4, 0.5) is 0 Å². The van der Waals surface area contributed by atoms with Crippen LogP contribution < -0.4 is 11.7 Å². The minimum absolute atomic E-state index is 1.47. The average Bonchev–Trinajstić information content (AvgIpc) is 1.72. The van der Waals surface area contributed by atoms with Gasteiger partial charge in [0.25, 0.3) is 0 Å². The highest BCUT2D eigenvalue weighted by atomic mass is 35.5. The van der Waals surface area contributed by atoms with Crippen LogP contribution >= 0.6 is 11.6 Å². The van der Waals surface area contributed by atoms with Crippen molar-refractivity contribution in [2.24, 2.45) is 11.7 Å². The molecule has 38 valence electrons. The van der Waals surface area contributed by atoms with Crippen molar-refractivity contribution in [3.05, 3.63) is 11.6 Å². The first-order valence-electron chi connectivity index (χ1n) is 1.46. The van der Waals surface area contributed by atoms with Crippen LogP contribution in [0.25, 0.3) is 0 Å². The fourth-order valence-electron chi connectivity index (χ4n) is 0. The minimum atomic E-state index is 1.47. The molecule has 0 fully saturated rings. The van der Waals surface area contributed by atoms with E-state index in [4.69, 9.17) is 11.6 Å². The van der Waals surface area contributed by atoms with Crippen LogP contribution in [0.2, 0.25) is 0 Å². The fraction of sp³-hybridized carbons (Fsp3) is 0.333. The number of hydrazine groups is 1. The van der Waals surface area contributed by atoms with E-state index in [0.29, 0.717) is 0 Å². The Hall–Kier alpha value is -0.0500. The Balaban J connectivity index is 0. The summed E-state index contributed by atoms with van der Waals surface area (Å²) < 4.78 is 0. The standard InChI is InChI=1S/C3H5Cl.H4N2/c1-2-3-4;1-2/h2-3H,1H3;1-2H2. The Morgan fingerprint density at radius 1 is 1.50 bits per heavy atom. The number of rotatable bonds is 0. The maximum atomic E-state index is 5.01. The van der Waals surface area contributed by atoms with Crippen LogP contribution in [0, 0.1) is 0 Å². The van der Waals surface area contributed by atoms with E-state index in [9.17, 15) is 0 Å². The van der Waals surface area contributed by atoms with Gasteiger partial charge in [-0.3, -0.25) is 11.7 Å². The van der Waals surface area contributed by atoms with Crippen LogP contribution in [-0.4, -0.2) is 0 Å². The molecule has 3 heteroatoms. The molecule has 0 aromatic carbocycles. The average molecular weight is 109 g/mol. The van der Waals surface area contributed by atoms with Gasteiger partial charge in [0.05, 0.1) is 0 Å². The summed E-state index contributed by atoms with van der Waals surface area (Å²) in [5, 5.41) is 0. The molecule has 0 unspecified atom stereocenters. The SMILES string of the molecule is CC=CCl.NN. The van der Waals surface area contributed by atoms with E-state index in [1.54, 1.807) is 6.08 Å². The highest BCUT2D eigenvalue weighted by Gasteiger charge is 1.37. The van der Waals surface area contributed by atoms with E-state index < -0.39 is 0 Å². The van der Waals surface area contributed by atoms with Gasteiger partial charge in [-0.05, 0) is 12.5 Å². The number of hydrogen-bond acceptors (Lipinski definition) is 2. The summed E-state index contributed by atoms with van der Waals surface area (Å²) in [5.41, 5.74) is 1.47. The summed E-state index contributed by atoms with van der Waals surface area (Å²) in [6.45, 7) is 1.87. The molecular formula is C3H9ClN2. The summed E-state index contributed by atoms with van der Waals surface area (Å²) in [5.74, 6) is 8.00. The van der Waals surface area contributed by atoms with Crippen molar-refractivity contribution in [3.8, 4) is 0 Å². The van der Waals surface area contributed by atoms with Gasteiger partial charge in [-0.2, -0.15) is 0 Å². The van der Waals surface area contributed by atoms with Crippen molar-refractivity contribution >= 4 is 11.6 Å². The minimum Gasteiger partial charge on any atom is -0.274 e. The fourth-order valence-corrected chi connectivity index (χ4v) is 0. The molecule has 4 N–H and O–H groups in total. The normalized spacial score (nSPS) is 7.33. The molecule has 0 saturated heterocycles. The zero-order chi connectivity index (χ0) is 5.41. The second kappa shape index (κ2) is 20.3. The third-order valence-electron chi connectivity index (χ3n) is 0.126. The molecule has 0 aliphatic heterocycles. The highest BCUT2D eigenvalue weighted by molar-refractivity contribution is 6.25. The molecule has 0 saturated carbocycles. The summed E-state index contributed by atoms with van der Waals surface area (Å²) >= 11 is 5.01. The second-order valence-electron chi connectivity index (χ2n) is 0.459. The predicted molar refractivity (Wildman–Crippen MR) is 29.0 cm³/mol. The lowest BCUT2D eigenvalue weighted by Gasteiger charge is -1.46. The van der Waals surface area contributed by atoms with Crippen LogP contribution in [-0.2, 0) is 0 Å². The van der Waals surface area contributed by atoms with E-state index >= 15 is 0 Å². The third-order valence-corrected chi connectivity index (χ3v) is 0.378. The topological polar surface area (TPSA) is 52.0 Å². The van der Waals surface area contributed by atoms with E-state index in [-0.39, 0.29) is 0 Å². The van der Waals surface area contributed by atoms with Crippen LogP contribution in [0.3, 0.4) is 0 Å². The number of halogens is 1. The van der Waals surface area contributed by atoms with Crippen LogP contribution in [0.15, 0.2) is 11.6 Å². The van der Waals surface area contributed by atoms with E-state index in [1.807, 2.05) is 6.92 Å². The molecule has 2 nitrogen and oxygen atoms in total. The Bertz CT molecular complexity index is 24.0. The predicted octanol–water partition coefficient (Wildman–Crippen LogP) is 0.578. The summed E-state index contributed by atoms with van der Waals surface area (Å²) in [7, 11) is 0. The molecule has 6 heavy (non-hydrogen) atoms. The zero-order valence-electron chi connectivity index (χ0n) is 3.69. The summed E-state index contributed by atoms with van der Waals surface area (Å²) in [6.07, 6.45) is 1.77. The van der Waals surface area contributed by atoms with Gasteiger partial charge in [0.15, 0.2) is 0 Å². The van der Waals surface area contributed by atoms with E-state index in [2.05, 4.69) is 11.7 Å². The lowest BCUT2D eigenvalue weighted by Crippen LogP contribution is -2.02. The number of hydrogen-bond donors (Lipinski definition) is 2. The smallest absolute Gasteiger partial charge is 0.0000330 e. The van der Waals surface area contributed by atoms with Gasteiger partial charge in [-0.25, -0.2) is 0 Å². The lowest BCUT2D eigenvalue weighted by molar-refractivity contribution is 1.26. The lowest BCUT2D eigenvalue weighted by atomic mass is 10.8.